The van der Waals surface area contributed by atoms with Gasteiger partial charge in [0.2, 0.25) is 5.91 Å². The van der Waals surface area contributed by atoms with Gasteiger partial charge >= 0.3 is 0 Å². The van der Waals surface area contributed by atoms with Gasteiger partial charge in [-0.3, -0.25) is 13.9 Å². The zero-order valence-electron chi connectivity index (χ0n) is 29.6. The molecule has 1 aliphatic carbocycles. The van der Waals surface area contributed by atoms with E-state index in [1.807, 2.05) is 37.3 Å². The van der Waals surface area contributed by atoms with Crippen molar-refractivity contribution in [3.63, 3.8) is 0 Å². The number of anilines is 1. The molecule has 3 heterocycles. The van der Waals surface area contributed by atoms with Gasteiger partial charge in [-0.1, -0.05) is 49.0 Å². The highest BCUT2D eigenvalue weighted by molar-refractivity contribution is 7.79. The number of nitrogens with zero attached hydrogens (tertiary/aromatic N) is 2. The van der Waals surface area contributed by atoms with Crippen LogP contribution in [0.15, 0.2) is 36.4 Å². The van der Waals surface area contributed by atoms with Gasteiger partial charge in [0.1, 0.15) is 12.4 Å². The molecular weight excluding hydrogens is 700 g/mol. The molecule has 282 valence electrons. The Kier molecular flexibility index (Phi) is 12.6. The van der Waals surface area contributed by atoms with E-state index in [2.05, 4.69) is 4.90 Å². The number of hydrogen-bond acceptors (Lipinski definition) is 8. The van der Waals surface area contributed by atoms with Gasteiger partial charge in [0.15, 0.2) is 6.29 Å². The van der Waals surface area contributed by atoms with E-state index >= 15 is 0 Å². The van der Waals surface area contributed by atoms with Crippen LogP contribution in [-0.4, -0.2) is 82.5 Å². The van der Waals surface area contributed by atoms with Crippen LogP contribution in [0.2, 0.25) is 5.02 Å². The highest BCUT2D eigenvalue weighted by Gasteiger charge is 2.49. The fourth-order valence-electron chi connectivity index (χ4n) is 8.18. The number of hydrogen-bond donors (Lipinski definition) is 1. The zero-order chi connectivity index (χ0) is 36.3. The Bertz CT molecular complexity index is 1540. The van der Waals surface area contributed by atoms with Crippen LogP contribution in [-0.2, 0) is 33.6 Å². The third-order valence-corrected chi connectivity index (χ3v) is 13.0. The van der Waals surface area contributed by atoms with E-state index in [1.54, 1.807) is 17.9 Å². The lowest BCUT2D eigenvalue weighted by Crippen LogP contribution is -2.63. The smallest absolute Gasteiger partial charge is 0.272 e. The first-order chi connectivity index (χ1) is 24.4. The molecule has 2 aromatic carbocycles. The number of halogens is 3. The lowest BCUT2D eigenvalue weighted by Gasteiger charge is -2.50. The summed E-state index contributed by atoms with van der Waals surface area (Å²) in [7, 11) is 0. The number of likely N-dealkylation sites (tertiary alicyclic amines) is 1. The predicted octanol–water partition coefficient (Wildman–Crippen LogP) is 6.57. The molecule has 2 N–H and O–H groups in total. The van der Waals surface area contributed by atoms with Crippen molar-refractivity contribution < 1.29 is 36.5 Å². The van der Waals surface area contributed by atoms with Gasteiger partial charge in [0.05, 0.1) is 38.0 Å². The van der Waals surface area contributed by atoms with Gasteiger partial charge in [-0.25, -0.2) is 8.78 Å². The maximum Gasteiger partial charge on any atom is 0.272 e. The van der Waals surface area contributed by atoms with E-state index in [4.69, 9.17) is 31.5 Å². The molecule has 0 spiro atoms. The summed E-state index contributed by atoms with van der Waals surface area (Å²) in [5, 5.41) is 0.273. The third kappa shape index (κ3) is 9.42. The number of carbonyl (C=O) groups excluding carboxylic acids is 1. The molecule has 2 saturated heterocycles. The Balaban J connectivity index is 1.19. The Morgan fingerprint density at radius 1 is 1.08 bits per heavy atom. The molecule has 1 saturated carbocycles. The van der Waals surface area contributed by atoms with Gasteiger partial charge in [0.25, 0.3) is 5.92 Å². The van der Waals surface area contributed by atoms with E-state index in [0.717, 1.165) is 75.7 Å². The van der Waals surface area contributed by atoms with E-state index in [0.29, 0.717) is 42.1 Å². The van der Waals surface area contributed by atoms with Crippen LogP contribution in [0.25, 0.3) is 0 Å². The number of carbonyl (C=O) groups is 1. The van der Waals surface area contributed by atoms with Gasteiger partial charge in [0, 0.05) is 34.8 Å². The fraction of sp³-hybridized carbons (Fsp3) is 0.658. The molecule has 1 amide bonds. The summed E-state index contributed by atoms with van der Waals surface area (Å²) in [6, 6.07) is 11.1. The first kappa shape index (κ1) is 38.4. The first-order valence-corrected chi connectivity index (χ1v) is 19.9. The number of nitrogens with two attached hydrogens (primary N) is 1. The number of primary amides is 1. The second-order valence-corrected chi connectivity index (χ2v) is 16.8. The average Bonchev–Trinajstić information content (AvgIpc) is 3.11. The normalized spacial score (nSPS) is 27.6. The third-order valence-electron chi connectivity index (χ3n) is 11.7. The molecule has 2 aromatic rings. The van der Waals surface area contributed by atoms with Crippen molar-refractivity contribution in [3.05, 3.63) is 58.1 Å². The number of alkyl halides is 2. The Morgan fingerprint density at radius 3 is 2.51 bits per heavy atom. The van der Waals surface area contributed by atoms with Crippen LogP contribution >= 0.6 is 11.6 Å². The SMILES string of the molecule is C[C@H]([C@@H](C)CCC[C@H](C1OCC(N2CC(F)(F)C2)CO1)[C@@H]1CC[C@H]1CN1CCCCc2cc(Cl)ccc2COc2ccc(C(N)=O)cc21)S(=O)[O-]. The fourth-order valence-corrected chi connectivity index (χ4v) is 8.89. The maximum absolute atomic E-state index is 13.6. The number of aryl methyl sites for hydroxylation is 1. The predicted molar refractivity (Wildman–Crippen MR) is 193 cm³/mol. The van der Waals surface area contributed by atoms with E-state index in [1.165, 1.54) is 5.56 Å². The molecule has 9 nitrogen and oxygen atoms in total. The van der Waals surface area contributed by atoms with E-state index in [-0.39, 0.29) is 36.9 Å². The summed E-state index contributed by atoms with van der Waals surface area (Å²) in [5.41, 5.74) is 9.28. The molecule has 51 heavy (non-hydrogen) atoms. The van der Waals surface area contributed by atoms with Crippen LogP contribution in [0, 0.1) is 23.7 Å². The molecule has 6 atom stereocenters. The Morgan fingerprint density at radius 2 is 1.84 bits per heavy atom. The summed E-state index contributed by atoms with van der Waals surface area (Å²) in [5.74, 6) is -1.77. The van der Waals surface area contributed by atoms with Crippen LogP contribution < -0.4 is 15.4 Å². The van der Waals surface area contributed by atoms with Crippen LogP contribution in [0.3, 0.4) is 0 Å². The molecule has 3 aliphatic heterocycles. The maximum atomic E-state index is 13.6. The number of ether oxygens (including phenoxy) is 3. The summed E-state index contributed by atoms with van der Waals surface area (Å²) < 4.78 is 69.5. The molecular formula is C38H51ClF2N3O6S-. The standard InChI is InChI=1S/C38H52ClF2N3O6S/c1-24(25(2)51(46)47)6-5-8-33(37-49-20-31(21-50-37)44-22-38(40,41)23-44)32-13-10-28(32)18-43-15-4-3-7-26-16-30(39)12-9-29(26)19-48-35-14-11-27(36(42)45)17-34(35)43/h9,11-12,14,16-17,24-25,28,31-33,37H,3-8,10,13,15,18-23H2,1-2H3,(H2,42,45)(H,46,47)/p-1/t24-,25+,28-,31?,32+,33-,37?/m0/s1. The molecule has 0 aromatic heterocycles. The second-order valence-electron chi connectivity index (χ2n) is 15.1. The van der Waals surface area contributed by atoms with Gasteiger partial charge in [-0.05, 0) is 104 Å². The van der Waals surface area contributed by atoms with Gasteiger partial charge in [-0.15, -0.1) is 0 Å². The zero-order valence-corrected chi connectivity index (χ0v) is 31.1. The molecule has 0 bridgehead atoms. The minimum absolute atomic E-state index is 0.0167. The Hall–Kier alpha value is -2.35. The lowest BCUT2D eigenvalue weighted by atomic mass is 9.65. The lowest BCUT2D eigenvalue weighted by molar-refractivity contribution is -0.260. The molecule has 0 radical (unpaired) electrons. The number of benzene rings is 2. The van der Waals surface area contributed by atoms with Crippen LogP contribution in [0.1, 0.15) is 80.3 Å². The van der Waals surface area contributed by atoms with Gasteiger partial charge < -0.3 is 29.4 Å². The highest BCUT2D eigenvalue weighted by atomic mass is 35.5. The topological polar surface area (TPSA) is 117 Å². The van der Waals surface area contributed by atoms with Crippen molar-refractivity contribution >= 4 is 34.3 Å². The number of rotatable bonds is 12. The largest absolute Gasteiger partial charge is 0.772 e. The quantitative estimate of drug-likeness (QED) is 0.242. The van der Waals surface area contributed by atoms with E-state index in [9.17, 15) is 22.3 Å². The van der Waals surface area contributed by atoms with E-state index < -0.39 is 34.5 Å². The van der Waals surface area contributed by atoms with Gasteiger partial charge in [-0.2, -0.15) is 0 Å². The monoisotopic (exact) mass is 750 g/mol. The molecule has 4 aliphatic rings. The summed E-state index contributed by atoms with van der Waals surface area (Å²) in [4.78, 5) is 16.4. The summed E-state index contributed by atoms with van der Waals surface area (Å²) >= 11 is 4.22. The molecule has 6 rings (SSSR count). The highest BCUT2D eigenvalue weighted by Crippen LogP contribution is 2.46. The minimum atomic E-state index is -2.65. The Labute approximate surface area is 307 Å². The van der Waals surface area contributed by atoms with Crippen molar-refractivity contribution in [2.75, 3.05) is 44.3 Å². The summed E-state index contributed by atoms with van der Waals surface area (Å²) in [6.07, 6.45) is 6.75. The van der Waals surface area contributed by atoms with Crippen molar-refractivity contribution in [1.82, 2.24) is 4.90 Å². The van der Waals surface area contributed by atoms with Crippen molar-refractivity contribution in [2.24, 2.45) is 29.4 Å². The van der Waals surface area contributed by atoms with Crippen LogP contribution in [0.5, 0.6) is 5.75 Å². The average molecular weight is 751 g/mol. The number of fused-ring (bicyclic) bond motifs is 2. The molecule has 13 heteroatoms. The van der Waals surface area contributed by atoms with Crippen LogP contribution in [0.4, 0.5) is 14.5 Å². The number of amides is 1. The molecule has 3 fully saturated rings. The van der Waals surface area contributed by atoms with Crippen molar-refractivity contribution in [2.45, 2.75) is 95.3 Å². The van der Waals surface area contributed by atoms with Crippen molar-refractivity contribution in [3.8, 4) is 5.75 Å². The second kappa shape index (κ2) is 16.8. The molecule has 1 unspecified atom stereocenters. The summed E-state index contributed by atoms with van der Waals surface area (Å²) in [6.45, 7) is 5.77. The first-order valence-electron chi connectivity index (χ1n) is 18.4. The van der Waals surface area contributed by atoms with Crippen molar-refractivity contribution in [1.29, 1.82) is 0 Å². The minimum Gasteiger partial charge on any atom is -0.772 e.